The maximum Gasteiger partial charge on any atom is 0.306 e. The highest BCUT2D eigenvalue weighted by molar-refractivity contribution is 7.98. The minimum Gasteiger partial charge on any atom is -0.488 e. The van der Waals surface area contributed by atoms with E-state index >= 15 is 0 Å². The molecule has 0 spiro atoms. The number of rotatable bonds is 14. The molecular formula is C26H29FN2O6S2. The summed E-state index contributed by atoms with van der Waals surface area (Å²) in [7, 11) is 1.58. The van der Waals surface area contributed by atoms with Crippen molar-refractivity contribution in [3.8, 4) is 17.2 Å². The third-order valence-corrected chi connectivity index (χ3v) is 6.51. The van der Waals surface area contributed by atoms with Crippen molar-refractivity contribution in [3.05, 3.63) is 64.9 Å². The highest BCUT2D eigenvalue weighted by Crippen LogP contribution is 2.29. The van der Waals surface area contributed by atoms with Crippen LogP contribution in [0.3, 0.4) is 0 Å². The second kappa shape index (κ2) is 14.6. The summed E-state index contributed by atoms with van der Waals surface area (Å²) in [6.45, 7) is 4.36. The van der Waals surface area contributed by atoms with Gasteiger partial charge >= 0.3 is 5.97 Å². The highest BCUT2D eigenvalue weighted by Gasteiger charge is 2.15. The quantitative estimate of drug-likeness (QED) is 0.196. The smallest absolute Gasteiger partial charge is 0.306 e. The van der Waals surface area contributed by atoms with Gasteiger partial charge in [-0.25, -0.2) is 9.37 Å². The predicted octanol–water partition coefficient (Wildman–Crippen LogP) is 5.93. The number of benzene rings is 2. The van der Waals surface area contributed by atoms with Crippen LogP contribution < -0.4 is 14.8 Å². The van der Waals surface area contributed by atoms with E-state index in [-0.39, 0.29) is 23.8 Å². The van der Waals surface area contributed by atoms with E-state index in [0.29, 0.717) is 59.1 Å². The van der Waals surface area contributed by atoms with E-state index in [4.69, 9.17) is 18.9 Å². The first kappa shape index (κ1) is 28.4. The molecule has 2 aromatic carbocycles. The maximum absolute atomic E-state index is 13.3. The molecule has 0 saturated carbocycles. The first-order valence-electron chi connectivity index (χ1n) is 11.6. The van der Waals surface area contributed by atoms with Crippen molar-refractivity contribution in [1.29, 1.82) is 0 Å². The number of halogens is 1. The summed E-state index contributed by atoms with van der Waals surface area (Å²) >= 11 is 2.88. The van der Waals surface area contributed by atoms with Crippen molar-refractivity contribution in [3.63, 3.8) is 0 Å². The van der Waals surface area contributed by atoms with Gasteiger partial charge in [-0.2, -0.15) is 11.8 Å². The summed E-state index contributed by atoms with van der Waals surface area (Å²) in [5.41, 5.74) is 1.11. The lowest BCUT2D eigenvalue weighted by molar-refractivity contribution is -0.142. The number of nitrogens with one attached hydrogen (secondary N) is 1. The van der Waals surface area contributed by atoms with Gasteiger partial charge in [-0.05, 0) is 50.2 Å². The van der Waals surface area contributed by atoms with E-state index in [1.165, 1.54) is 35.6 Å². The molecular weight excluding hydrogens is 519 g/mol. The molecule has 198 valence electrons. The zero-order valence-electron chi connectivity index (χ0n) is 20.8. The van der Waals surface area contributed by atoms with Gasteiger partial charge in [0.05, 0.1) is 25.3 Å². The van der Waals surface area contributed by atoms with Gasteiger partial charge in [0, 0.05) is 35.6 Å². The Morgan fingerprint density at radius 3 is 2.62 bits per heavy atom. The van der Waals surface area contributed by atoms with Crippen LogP contribution in [0, 0.1) is 5.82 Å². The Balaban J connectivity index is 1.67. The molecule has 0 aliphatic carbocycles. The molecule has 1 amide bonds. The van der Waals surface area contributed by atoms with Crippen LogP contribution in [0.15, 0.2) is 47.8 Å². The molecule has 0 saturated heterocycles. The summed E-state index contributed by atoms with van der Waals surface area (Å²) in [5.74, 6) is 1.46. The Morgan fingerprint density at radius 2 is 1.89 bits per heavy atom. The van der Waals surface area contributed by atoms with Crippen LogP contribution in [0.2, 0.25) is 0 Å². The maximum atomic E-state index is 13.3. The Morgan fingerprint density at radius 1 is 1.14 bits per heavy atom. The topological polar surface area (TPSA) is 96.0 Å². The fraction of sp³-hybridized carbons (Fsp3) is 0.346. The number of thioether (sulfide) groups is 1. The minimum absolute atomic E-state index is 0.216. The first-order valence-corrected chi connectivity index (χ1v) is 13.6. The fourth-order valence-corrected chi connectivity index (χ4v) is 4.76. The van der Waals surface area contributed by atoms with Gasteiger partial charge in [0.1, 0.15) is 29.2 Å². The van der Waals surface area contributed by atoms with Gasteiger partial charge in [-0.3, -0.25) is 14.9 Å². The number of anilines is 1. The summed E-state index contributed by atoms with van der Waals surface area (Å²) in [6, 6.07) is 10.4. The van der Waals surface area contributed by atoms with Crippen molar-refractivity contribution in [2.45, 2.75) is 32.1 Å². The number of hydrogen-bond donors (Lipinski definition) is 1. The number of thiazole rings is 1. The molecule has 0 aliphatic rings. The molecule has 1 aromatic heterocycles. The van der Waals surface area contributed by atoms with Crippen LogP contribution in [-0.2, 0) is 20.0 Å². The van der Waals surface area contributed by atoms with Crippen molar-refractivity contribution in [1.82, 2.24) is 4.98 Å². The second-order valence-corrected chi connectivity index (χ2v) is 9.80. The Kier molecular flexibility index (Phi) is 11.2. The van der Waals surface area contributed by atoms with Gasteiger partial charge in [0.15, 0.2) is 5.13 Å². The number of amides is 1. The SMILES string of the molecule is CCOC(=O)CCSCc1csc(NC(=O)c2cc(Oc3ccc(F)cc3)cc(O[C@@H](C)COC)c2)n1. The lowest BCUT2D eigenvalue weighted by Gasteiger charge is -2.16. The van der Waals surface area contributed by atoms with Gasteiger partial charge in [0.25, 0.3) is 5.91 Å². The summed E-state index contributed by atoms with van der Waals surface area (Å²) in [4.78, 5) is 28.9. The van der Waals surface area contributed by atoms with Crippen LogP contribution in [0.1, 0.15) is 36.3 Å². The van der Waals surface area contributed by atoms with Crippen LogP contribution in [0.5, 0.6) is 17.2 Å². The van der Waals surface area contributed by atoms with E-state index in [1.54, 1.807) is 44.0 Å². The number of carbonyl (C=O) groups is 2. The molecule has 1 heterocycles. The number of methoxy groups -OCH3 is 1. The molecule has 0 bridgehead atoms. The monoisotopic (exact) mass is 548 g/mol. The molecule has 0 radical (unpaired) electrons. The van der Waals surface area contributed by atoms with E-state index in [1.807, 2.05) is 12.3 Å². The molecule has 8 nitrogen and oxygen atoms in total. The molecule has 11 heteroatoms. The van der Waals surface area contributed by atoms with Gasteiger partial charge in [-0.15, -0.1) is 11.3 Å². The minimum atomic E-state index is -0.385. The Hall–Kier alpha value is -3.15. The van der Waals surface area contributed by atoms with Crippen LogP contribution in [-0.4, -0.2) is 49.0 Å². The van der Waals surface area contributed by atoms with Gasteiger partial charge in [-0.1, -0.05) is 0 Å². The number of hydrogen-bond acceptors (Lipinski definition) is 9. The Bertz CT molecular complexity index is 1170. The van der Waals surface area contributed by atoms with E-state index in [2.05, 4.69) is 10.3 Å². The molecule has 1 atom stereocenters. The largest absolute Gasteiger partial charge is 0.488 e. The number of ether oxygens (including phenoxy) is 4. The molecule has 1 N–H and O–H groups in total. The Labute approximate surface area is 223 Å². The number of esters is 1. The standard InChI is InChI=1S/C26H29FN2O6S2/c1-4-33-24(30)9-10-36-15-20-16-37-26(28-20)29-25(31)18-11-22(34-17(2)14-32-3)13-23(12-18)35-21-7-5-19(27)6-8-21/h5-8,11-13,16-17H,4,9-10,14-15H2,1-3H3,(H,28,29,31)/t17-/m0/s1. The summed E-state index contributed by atoms with van der Waals surface area (Å²) in [5, 5.41) is 5.12. The number of aromatic nitrogens is 1. The van der Waals surface area contributed by atoms with Crippen LogP contribution >= 0.6 is 23.1 Å². The normalized spacial score (nSPS) is 11.6. The van der Waals surface area contributed by atoms with E-state index in [9.17, 15) is 14.0 Å². The zero-order chi connectivity index (χ0) is 26.6. The second-order valence-electron chi connectivity index (χ2n) is 7.84. The van der Waals surface area contributed by atoms with Gasteiger partial charge in [0.2, 0.25) is 0 Å². The molecule has 0 unspecified atom stereocenters. The third kappa shape index (κ3) is 9.67. The lowest BCUT2D eigenvalue weighted by Crippen LogP contribution is -2.18. The molecule has 37 heavy (non-hydrogen) atoms. The van der Waals surface area contributed by atoms with E-state index in [0.717, 1.165) is 5.69 Å². The van der Waals surface area contributed by atoms with Crippen molar-refractivity contribution < 1.29 is 32.9 Å². The van der Waals surface area contributed by atoms with Crippen LogP contribution in [0.25, 0.3) is 0 Å². The van der Waals surface area contributed by atoms with Crippen LogP contribution in [0.4, 0.5) is 9.52 Å². The molecule has 3 aromatic rings. The summed E-state index contributed by atoms with van der Waals surface area (Å²) in [6.07, 6.45) is 0.0838. The fourth-order valence-electron chi connectivity index (χ4n) is 3.13. The third-order valence-electron chi connectivity index (χ3n) is 4.71. The predicted molar refractivity (Wildman–Crippen MR) is 142 cm³/mol. The van der Waals surface area contributed by atoms with Crippen molar-refractivity contribution in [2.75, 3.05) is 31.4 Å². The van der Waals surface area contributed by atoms with Crippen molar-refractivity contribution >= 4 is 40.1 Å². The average molecular weight is 549 g/mol. The van der Waals surface area contributed by atoms with Crippen molar-refractivity contribution in [2.24, 2.45) is 0 Å². The number of carbonyl (C=O) groups excluding carboxylic acids is 2. The first-order chi connectivity index (χ1) is 17.9. The summed E-state index contributed by atoms with van der Waals surface area (Å²) < 4.78 is 35.0. The van der Waals surface area contributed by atoms with Gasteiger partial charge < -0.3 is 18.9 Å². The van der Waals surface area contributed by atoms with E-state index < -0.39 is 0 Å². The highest BCUT2D eigenvalue weighted by atomic mass is 32.2. The zero-order valence-corrected chi connectivity index (χ0v) is 22.5. The number of nitrogens with zero attached hydrogens (tertiary/aromatic N) is 1. The average Bonchev–Trinajstić information content (AvgIpc) is 3.30. The molecule has 0 fully saturated rings. The molecule has 0 aliphatic heterocycles. The molecule has 3 rings (SSSR count). The lowest BCUT2D eigenvalue weighted by atomic mass is 10.2.